The molecule has 25 heavy (non-hydrogen) atoms. The van der Waals surface area contributed by atoms with Crippen molar-refractivity contribution in [2.45, 2.75) is 36.1 Å². The molecule has 1 aliphatic heterocycles. The molecule has 0 radical (unpaired) electrons. The highest BCUT2D eigenvalue weighted by Gasteiger charge is 2.23. The van der Waals surface area contributed by atoms with E-state index in [2.05, 4.69) is 10.6 Å². The van der Waals surface area contributed by atoms with Crippen molar-refractivity contribution in [2.24, 2.45) is 5.92 Å². The fourth-order valence-corrected chi connectivity index (χ4v) is 3.68. The summed E-state index contributed by atoms with van der Waals surface area (Å²) in [5, 5.41) is 15.2. The molecule has 0 bridgehead atoms. The Labute approximate surface area is 150 Å². The molecule has 0 saturated carbocycles. The Kier molecular flexibility index (Phi) is 4.99. The van der Waals surface area contributed by atoms with Crippen LogP contribution in [0, 0.1) is 5.92 Å². The van der Waals surface area contributed by atoms with Crippen LogP contribution in [0.4, 0.5) is 11.4 Å². The van der Waals surface area contributed by atoms with Gasteiger partial charge < -0.3 is 15.7 Å². The van der Waals surface area contributed by atoms with Crippen LogP contribution in [0.2, 0.25) is 0 Å². The van der Waals surface area contributed by atoms with Crippen molar-refractivity contribution in [1.29, 1.82) is 0 Å². The first-order chi connectivity index (χ1) is 11.9. The molecule has 0 unspecified atom stereocenters. The molecule has 0 saturated heterocycles. The van der Waals surface area contributed by atoms with E-state index in [9.17, 15) is 14.7 Å². The van der Waals surface area contributed by atoms with Crippen LogP contribution in [0.15, 0.2) is 52.3 Å². The van der Waals surface area contributed by atoms with Crippen LogP contribution in [-0.4, -0.2) is 23.0 Å². The molecule has 3 N–H and O–H groups in total. The van der Waals surface area contributed by atoms with Crippen molar-refractivity contribution < 1.29 is 14.7 Å². The van der Waals surface area contributed by atoms with Gasteiger partial charge in [0.25, 0.3) is 5.91 Å². The largest absolute Gasteiger partial charge is 0.480 e. The van der Waals surface area contributed by atoms with Gasteiger partial charge in [-0.05, 0) is 42.7 Å². The van der Waals surface area contributed by atoms with E-state index in [-0.39, 0.29) is 11.8 Å². The van der Waals surface area contributed by atoms with Gasteiger partial charge in [-0.3, -0.25) is 4.79 Å². The molecule has 0 aromatic heterocycles. The fourth-order valence-electron chi connectivity index (χ4n) is 2.71. The number of carbonyl (C=O) groups is 2. The summed E-state index contributed by atoms with van der Waals surface area (Å²) in [4.78, 5) is 26.0. The quantitative estimate of drug-likeness (QED) is 0.641. The van der Waals surface area contributed by atoms with Gasteiger partial charge in [-0.15, -0.1) is 0 Å². The van der Waals surface area contributed by atoms with E-state index in [1.165, 1.54) is 0 Å². The lowest BCUT2D eigenvalue weighted by molar-refractivity contribution is -0.139. The molecular weight excluding hydrogens is 336 g/mol. The number of amides is 1. The number of benzene rings is 2. The minimum absolute atomic E-state index is 0.180. The molecule has 0 spiro atoms. The molecule has 1 aliphatic rings. The number of hydrogen-bond donors (Lipinski definition) is 3. The SMILES string of the molecule is CC(C)C[C@H](NC(=O)c1ccc2c(c1)Nc1ccccc1S2)C(=O)O. The van der Waals surface area contributed by atoms with Gasteiger partial charge in [-0.25, -0.2) is 4.79 Å². The summed E-state index contributed by atoms with van der Waals surface area (Å²) >= 11 is 1.64. The zero-order valence-corrected chi connectivity index (χ0v) is 14.9. The second kappa shape index (κ2) is 7.19. The van der Waals surface area contributed by atoms with E-state index in [0.29, 0.717) is 12.0 Å². The average Bonchev–Trinajstić information content (AvgIpc) is 2.58. The van der Waals surface area contributed by atoms with Crippen LogP contribution in [0.1, 0.15) is 30.6 Å². The zero-order valence-electron chi connectivity index (χ0n) is 14.1. The maximum atomic E-state index is 12.5. The maximum Gasteiger partial charge on any atom is 0.326 e. The first-order valence-corrected chi connectivity index (χ1v) is 8.97. The fraction of sp³-hybridized carbons (Fsp3) is 0.263. The first-order valence-electron chi connectivity index (χ1n) is 8.15. The van der Waals surface area contributed by atoms with Crippen molar-refractivity contribution in [3.8, 4) is 0 Å². The Hall–Kier alpha value is -2.47. The molecule has 1 atom stereocenters. The van der Waals surface area contributed by atoms with Crippen LogP contribution in [0.3, 0.4) is 0 Å². The third-order valence-electron chi connectivity index (χ3n) is 3.93. The summed E-state index contributed by atoms with van der Waals surface area (Å²) in [6.07, 6.45) is 0.396. The van der Waals surface area contributed by atoms with Crippen molar-refractivity contribution in [3.63, 3.8) is 0 Å². The number of hydrogen-bond acceptors (Lipinski definition) is 4. The molecule has 1 amide bonds. The smallest absolute Gasteiger partial charge is 0.326 e. The van der Waals surface area contributed by atoms with Gasteiger partial charge in [0.15, 0.2) is 0 Å². The normalized spacial score (nSPS) is 13.4. The number of anilines is 2. The number of fused-ring (bicyclic) bond motifs is 2. The summed E-state index contributed by atoms with van der Waals surface area (Å²) in [7, 11) is 0. The molecule has 6 heteroatoms. The number of carboxylic acid groups (broad SMARTS) is 1. The van der Waals surface area contributed by atoms with Crippen molar-refractivity contribution in [1.82, 2.24) is 5.32 Å². The predicted molar refractivity (Wildman–Crippen MR) is 98.6 cm³/mol. The van der Waals surface area contributed by atoms with Crippen LogP contribution >= 0.6 is 11.8 Å². The summed E-state index contributed by atoms with van der Waals surface area (Å²) in [6.45, 7) is 3.86. The Bertz CT molecular complexity index is 820. The van der Waals surface area contributed by atoms with E-state index >= 15 is 0 Å². The van der Waals surface area contributed by atoms with E-state index in [4.69, 9.17) is 0 Å². The van der Waals surface area contributed by atoms with E-state index in [1.54, 1.807) is 23.9 Å². The highest BCUT2D eigenvalue weighted by atomic mass is 32.2. The van der Waals surface area contributed by atoms with Crippen molar-refractivity contribution in [2.75, 3.05) is 5.32 Å². The lowest BCUT2D eigenvalue weighted by Crippen LogP contribution is -2.41. The number of nitrogens with one attached hydrogen (secondary N) is 2. The number of para-hydroxylation sites is 1. The summed E-state index contributed by atoms with van der Waals surface area (Å²) in [6, 6.07) is 12.5. The minimum atomic E-state index is -1.01. The topological polar surface area (TPSA) is 78.4 Å². The number of aliphatic carboxylic acids is 1. The predicted octanol–water partition coefficient (Wildman–Crippen LogP) is 4.12. The number of rotatable bonds is 5. The molecule has 2 aromatic rings. The minimum Gasteiger partial charge on any atom is -0.480 e. The third-order valence-corrected chi connectivity index (χ3v) is 5.08. The highest BCUT2D eigenvalue weighted by molar-refractivity contribution is 7.99. The van der Waals surface area contributed by atoms with Gasteiger partial charge in [-0.2, -0.15) is 0 Å². The third kappa shape index (κ3) is 3.96. The first kappa shape index (κ1) is 17.4. The van der Waals surface area contributed by atoms with Crippen LogP contribution < -0.4 is 10.6 Å². The monoisotopic (exact) mass is 356 g/mol. The van der Waals surface area contributed by atoms with Gasteiger partial charge in [0.05, 0.1) is 11.4 Å². The second-order valence-corrected chi connectivity index (χ2v) is 7.51. The van der Waals surface area contributed by atoms with Gasteiger partial charge >= 0.3 is 5.97 Å². The van der Waals surface area contributed by atoms with Crippen LogP contribution in [0.5, 0.6) is 0 Å². The van der Waals surface area contributed by atoms with Crippen molar-refractivity contribution >= 4 is 35.0 Å². The standard InChI is InChI=1S/C19H20N2O3S/c1-11(2)9-15(19(23)24)21-18(22)12-7-8-17-14(10-12)20-13-5-3-4-6-16(13)25-17/h3-8,10-11,15,20H,9H2,1-2H3,(H,21,22)(H,23,24)/t15-/m0/s1. The van der Waals surface area contributed by atoms with Crippen LogP contribution in [0.25, 0.3) is 0 Å². The van der Waals surface area contributed by atoms with Gasteiger partial charge in [0.2, 0.25) is 0 Å². The maximum absolute atomic E-state index is 12.5. The van der Waals surface area contributed by atoms with Crippen LogP contribution in [-0.2, 0) is 4.79 Å². The molecule has 130 valence electrons. The summed E-state index contributed by atoms with van der Waals surface area (Å²) < 4.78 is 0. The Morgan fingerprint density at radius 3 is 2.56 bits per heavy atom. The Morgan fingerprint density at radius 2 is 1.84 bits per heavy atom. The molecular formula is C19H20N2O3S. The van der Waals surface area contributed by atoms with Crippen molar-refractivity contribution in [3.05, 3.63) is 48.0 Å². The van der Waals surface area contributed by atoms with Gasteiger partial charge in [0.1, 0.15) is 6.04 Å². The molecule has 3 rings (SSSR count). The Balaban J connectivity index is 1.78. The molecule has 0 fully saturated rings. The van der Waals surface area contributed by atoms with Gasteiger partial charge in [-0.1, -0.05) is 37.7 Å². The molecule has 5 nitrogen and oxygen atoms in total. The van der Waals surface area contributed by atoms with E-state index in [1.807, 2.05) is 44.2 Å². The van der Waals surface area contributed by atoms with E-state index in [0.717, 1.165) is 21.2 Å². The molecule has 1 heterocycles. The highest BCUT2D eigenvalue weighted by Crippen LogP contribution is 2.44. The van der Waals surface area contributed by atoms with E-state index < -0.39 is 12.0 Å². The summed E-state index contributed by atoms with van der Waals surface area (Å²) in [5.41, 5.74) is 2.30. The second-order valence-electron chi connectivity index (χ2n) is 6.43. The number of carbonyl (C=O) groups excluding carboxylic acids is 1. The lowest BCUT2D eigenvalue weighted by Gasteiger charge is -2.21. The number of carboxylic acids is 1. The zero-order chi connectivity index (χ0) is 18.0. The average molecular weight is 356 g/mol. The van der Waals surface area contributed by atoms with Gasteiger partial charge in [0, 0.05) is 15.4 Å². The summed E-state index contributed by atoms with van der Waals surface area (Å²) in [5.74, 6) is -1.20. The molecule has 0 aliphatic carbocycles. The lowest BCUT2D eigenvalue weighted by atomic mass is 10.0. The Morgan fingerprint density at radius 1 is 1.12 bits per heavy atom. The molecule has 2 aromatic carbocycles.